The number of aliphatic hydroxyl groups excluding tert-OH is 1. The number of hydrogen-bond donors (Lipinski definition) is 2. The molecular weight excluding hydrogens is 306 g/mol. The zero-order valence-electron chi connectivity index (χ0n) is 14.6. The molecule has 0 aliphatic heterocycles. The molecule has 0 spiro atoms. The molecule has 1 aromatic carbocycles. The minimum atomic E-state index is -0.777. The molecule has 1 aromatic heterocycles. The minimum absolute atomic E-state index is 0.104. The summed E-state index contributed by atoms with van der Waals surface area (Å²) in [5, 5.41) is 17.2. The lowest BCUT2D eigenvalue weighted by molar-refractivity contribution is 0.0905. The van der Waals surface area contributed by atoms with Crippen LogP contribution in [0.25, 0.3) is 0 Å². The number of benzene rings is 1. The van der Waals surface area contributed by atoms with E-state index >= 15 is 0 Å². The van der Waals surface area contributed by atoms with E-state index in [2.05, 4.69) is 10.4 Å². The summed E-state index contributed by atoms with van der Waals surface area (Å²) in [7, 11) is 0. The third-order valence-corrected chi connectivity index (χ3v) is 3.53. The van der Waals surface area contributed by atoms with Gasteiger partial charge in [-0.1, -0.05) is 12.1 Å². The fourth-order valence-electron chi connectivity index (χ4n) is 2.41. The number of aryl methyl sites for hydroxylation is 2. The van der Waals surface area contributed by atoms with Crippen LogP contribution in [-0.4, -0.2) is 33.4 Å². The van der Waals surface area contributed by atoms with E-state index in [4.69, 9.17) is 4.74 Å². The maximum absolute atomic E-state index is 12.2. The number of nitrogens with one attached hydrogen (secondary N) is 1. The van der Waals surface area contributed by atoms with Crippen molar-refractivity contribution in [1.82, 2.24) is 15.1 Å². The highest BCUT2D eigenvalue weighted by Gasteiger charge is 2.15. The van der Waals surface area contributed by atoms with Gasteiger partial charge in [0, 0.05) is 13.1 Å². The van der Waals surface area contributed by atoms with E-state index in [1.165, 1.54) is 0 Å². The summed E-state index contributed by atoms with van der Waals surface area (Å²) in [6, 6.07) is 8.97. The lowest BCUT2D eigenvalue weighted by atomic mass is 10.1. The van der Waals surface area contributed by atoms with Crippen LogP contribution in [0.15, 0.2) is 30.3 Å². The first-order valence-electron chi connectivity index (χ1n) is 8.18. The van der Waals surface area contributed by atoms with E-state index in [1.54, 1.807) is 22.9 Å². The quantitative estimate of drug-likeness (QED) is 0.817. The van der Waals surface area contributed by atoms with Gasteiger partial charge in [0.05, 0.1) is 17.9 Å². The van der Waals surface area contributed by atoms with Gasteiger partial charge in [-0.15, -0.1) is 0 Å². The van der Waals surface area contributed by atoms with Crippen molar-refractivity contribution in [2.45, 2.75) is 46.4 Å². The second-order valence-corrected chi connectivity index (χ2v) is 5.95. The highest BCUT2D eigenvalue weighted by Crippen LogP contribution is 2.18. The molecule has 1 unspecified atom stereocenters. The average Bonchev–Trinajstić information content (AvgIpc) is 2.93. The van der Waals surface area contributed by atoms with Crippen LogP contribution in [0, 0.1) is 6.92 Å². The van der Waals surface area contributed by atoms with Crippen molar-refractivity contribution in [1.29, 1.82) is 0 Å². The number of hydrogen-bond acceptors (Lipinski definition) is 4. The van der Waals surface area contributed by atoms with E-state index in [9.17, 15) is 9.90 Å². The van der Waals surface area contributed by atoms with Crippen LogP contribution < -0.4 is 10.1 Å². The molecule has 0 aliphatic carbocycles. The molecule has 0 aliphatic rings. The zero-order valence-corrected chi connectivity index (χ0v) is 14.6. The fourth-order valence-corrected chi connectivity index (χ4v) is 2.41. The molecule has 2 rings (SSSR count). The Balaban J connectivity index is 1.94. The topological polar surface area (TPSA) is 76.4 Å². The molecule has 0 bridgehead atoms. The van der Waals surface area contributed by atoms with Crippen molar-refractivity contribution in [3.8, 4) is 5.75 Å². The van der Waals surface area contributed by atoms with Crippen LogP contribution in [0.2, 0.25) is 0 Å². The summed E-state index contributed by atoms with van der Waals surface area (Å²) in [6.45, 7) is 8.45. The molecule has 0 saturated heterocycles. The number of nitrogens with zero attached hydrogens (tertiary/aromatic N) is 2. The summed E-state index contributed by atoms with van der Waals surface area (Å²) in [6.07, 6.45) is -0.673. The Morgan fingerprint density at radius 1 is 1.33 bits per heavy atom. The largest absolute Gasteiger partial charge is 0.491 e. The van der Waals surface area contributed by atoms with Crippen molar-refractivity contribution < 1.29 is 14.6 Å². The van der Waals surface area contributed by atoms with Gasteiger partial charge in [0.1, 0.15) is 11.4 Å². The van der Waals surface area contributed by atoms with Crippen molar-refractivity contribution in [2.24, 2.45) is 0 Å². The Hall–Kier alpha value is -2.34. The average molecular weight is 331 g/mol. The van der Waals surface area contributed by atoms with E-state index in [0.29, 0.717) is 12.2 Å². The van der Waals surface area contributed by atoms with Gasteiger partial charge in [-0.2, -0.15) is 5.10 Å². The molecule has 0 fully saturated rings. The summed E-state index contributed by atoms with van der Waals surface area (Å²) in [5.41, 5.74) is 2.03. The highest BCUT2D eigenvalue weighted by atomic mass is 16.5. The first-order valence-corrected chi connectivity index (χ1v) is 8.18. The summed E-state index contributed by atoms with van der Waals surface area (Å²) in [5.74, 6) is 0.517. The first-order chi connectivity index (χ1) is 11.4. The number of ether oxygens (including phenoxy) is 1. The van der Waals surface area contributed by atoms with Crippen LogP contribution >= 0.6 is 0 Å². The van der Waals surface area contributed by atoms with Gasteiger partial charge in [-0.3, -0.25) is 9.48 Å². The van der Waals surface area contributed by atoms with Crippen LogP contribution in [0.5, 0.6) is 5.75 Å². The zero-order chi connectivity index (χ0) is 17.7. The molecular formula is C18H25N3O3. The van der Waals surface area contributed by atoms with Crippen molar-refractivity contribution >= 4 is 5.91 Å². The number of rotatable bonds is 7. The predicted molar refractivity (Wildman–Crippen MR) is 92.1 cm³/mol. The van der Waals surface area contributed by atoms with E-state index in [-0.39, 0.29) is 18.6 Å². The summed E-state index contributed by atoms with van der Waals surface area (Å²) < 4.78 is 7.22. The van der Waals surface area contributed by atoms with Crippen LogP contribution in [0.1, 0.15) is 48.6 Å². The van der Waals surface area contributed by atoms with E-state index in [0.717, 1.165) is 17.0 Å². The van der Waals surface area contributed by atoms with E-state index in [1.807, 2.05) is 39.8 Å². The minimum Gasteiger partial charge on any atom is -0.491 e. The molecule has 1 atom stereocenters. The SMILES string of the molecule is CCn1nc(C)cc1C(=O)NCC(O)c1ccc(OC(C)C)cc1. The number of carbonyl (C=O) groups is 1. The maximum atomic E-state index is 12.2. The molecule has 0 saturated carbocycles. The van der Waals surface area contributed by atoms with Crippen molar-refractivity contribution in [3.05, 3.63) is 47.3 Å². The predicted octanol–water partition coefficient (Wildman–Crippen LogP) is 2.46. The molecule has 24 heavy (non-hydrogen) atoms. The fraction of sp³-hybridized carbons (Fsp3) is 0.444. The molecule has 2 aromatic rings. The second-order valence-electron chi connectivity index (χ2n) is 5.95. The number of amides is 1. The normalized spacial score (nSPS) is 12.2. The van der Waals surface area contributed by atoms with Crippen molar-refractivity contribution in [3.63, 3.8) is 0 Å². The smallest absolute Gasteiger partial charge is 0.269 e. The van der Waals surface area contributed by atoms with Gasteiger partial charge in [0.15, 0.2) is 0 Å². The second kappa shape index (κ2) is 7.97. The number of aromatic nitrogens is 2. The van der Waals surface area contributed by atoms with Gasteiger partial charge >= 0.3 is 0 Å². The third-order valence-electron chi connectivity index (χ3n) is 3.53. The van der Waals surface area contributed by atoms with Gasteiger partial charge in [-0.05, 0) is 51.5 Å². The summed E-state index contributed by atoms with van der Waals surface area (Å²) >= 11 is 0. The Bertz CT molecular complexity index is 677. The highest BCUT2D eigenvalue weighted by molar-refractivity contribution is 5.92. The van der Waals surface area contributed by atoms with Crippen LogP contribution in [-0.2, 0) is 6.54 Å². The van der Waals surface area contributed by atoms with Crippen LogP contribution in [0.3, 0.4) is 0 Å². The molecule has 6 heteroatoms. The van der Waals surface area contributed by atoms with Crippen molar-refractivity contribution in [2.75, 3.05) is 6.54 Å². The molecule has 2 N–H and O–H groups in total. The Morgan fingerprint density at radius 2 is 2.00 bits per heavy atom. The monoisotopic (exact) mass is 331 g/mol. The van der Waals surface area contributed by atoms with Gasteiger partial charge in [0.2, 0.25) is 0 Å². The lowest BCUT2D eigenvalue weighted by Crippen LogP contribution is -2.30. The first kappa shape index (κ1) is 18.0. The third kappa shape index (κ3) is 4.58. The lowest BCUT2D eigenvalue weighted by Gasteiger charge is -2.14. The Labute approximate surface area is 142 Å². The van der Waals surface area contributed by atoms with Gasteiger partial charge < -0.3 is 15.2 Å². The Morgan fingerprint density at radius 3 is 2.58 bits per heavy atom. The molecule has 130 valence electrons. The van der Waals surface area contributed by atoms with Gasteiger partial charge in [0.25, 0.3) is 5.91 Å². The number of aliphatic hydroxyl groups is 1. The molecule has 1 amide bonds. The summed E-state index contributed by atoms with van der Waals surface area (Å²) in [4.78, 5) is 12.2. The molecule has 1 heterocycles. The number of carbonyl (C=O) groups excluding carboxylic acids is 1. The molecule has 6 nitrogen and oxygen atoms in total. The van der Waals surface area contributed by atoms with E-state index < -0.39 is 6.10 Å². The van der Waals surface area contributed by atoms with Crippen LogP contribution in [0.4, 0.5) is 0 Å². The molecule has 0 radical (unpaired) electrons. The maximum Gasteiger partial charge on any atom is 0.269 e. The Kier molecular flexibility index (Phi) is 5.98. The standard InChI is InChI=1S/C18H25N3O3/c1-5-21-16(10-13(4)20-21)18(23)19-11-17(22)14-6-8-15(9-7-14)24-12(2)3/h6-10,12,17,22H,5,11H2,1-4H3,(H,19,23). The van der Waals surface area contributed by atoms with Gasteiger partial charge in [-0.25, -0.2) is 0 Å².